The summed E-state index contributed by atoms with van der Waals surface area (Å²) in [4.78, 5) is 46.8. The minimum atomic E-state index is -5.08. The predicted octanol–water partition coefficient (Wildman–Crippen LogP) is 2.96. The van der Waals surface area contributed by atoms with Gasteiger partial charge >= 0.3 is 18.2 Å². The first kappa shape index (κ1) is 28.9. The van der Waals surface area contributed by atoms with Crippen LogP contribution in [0, 0.1) is 0 Å². The Labute approximate surface area is 219 Å². The number of fused-ring (bicyclic) bond motifs is 1. The monoisotopic (exact) mass is 553 g/mol. The lowest BCUT2D eigenvalue weighted by molar-refractivity contribution is -0.192. The maximum absolute atomic E-state index is 12.1. The summed E-state index contributed by atoms with van der Waals surface area (Å²) in [6, 6.07) is 3.65. The molecule has 0 radical (unpaired) electrons. The number of hydrogen-bond acceptors (Lipinski definition) is 9. The standard InChI is InChI=1S/C21H25N7O4.C2HF3O2/c1-12(29)24-16-11-27-8-13(5-6-17(27)26-16)15-7-23-18(22)19(25-15)31-14-9-28(10-14)20(30)32-21(2,3)4;3-2(4,5)1(6)7/h5-8,11,14H,9-10H2,1-4H3,(H2,22,23)(H,24,29);(H,6,7). The van der Waals surface area contributed by atoms with E-state index in [1.54, 1.807) is 21.7 Å². The Morgan fingerprint density at radius 2 is 1.77 bits per heavy atom. The van der Waals surface area contributed by atoms with Crippen LogP contribution in [0.2, 0.25) is 0 Å². The lowest BCUT2D eigenvalue weighted by Crippen LogP contribution is -2.57. The van der Waals surface area contributed by atoms with Gasteiger partial charge in [-0.15, -0.1) is 0 Å². The summed E-state index contributed by atoms with van der Waals surface area (Å²) < 4.78 is 44.7. The molecule has 13 nitrogen and oxygen atoms in total. The molecule has 1 saturated heterocycles. The van der Waals surface area contributed by atoms with Gasteiger partial charge in [-0.05, 0) is 32.9 Å². The molecule has 4 heterocycles. The van der Waals surface area contributed by atoms with Crippen LogP contribution in [0.25, 0.3) is 16.9 Å². The normalized spacial score (nSPS) is 13.7. The minimum absolute atomic E-state index is 0.168. The average Bonchev–Trinajstić information content (AvgIpc) is 3.16. The first-order valence-electron chi connectivity index (χ1n) is 11.4. The smallest absolute Gasteiger partial charge is 0.475 e. The van der Waals surface area contributed by atoms with E-state index in [0.29, 0.717) is 30.2 Å². The molecule has 39 heavy (non-hydrogen) atoms. The number of likely N-dealkylation sites (tertiary alicyclic amines) is 1. The van der Waals surface area contributed by atoms with E-state index in [1.807, 2.05) is 39.1 Å². The summed E-state index contributed by atoms with van der Waals surface area (Å²) in [7, 11) is 0. The maximum Gasteiger partial charge on any atom is 0.490 e. The SMILES string of the molecule is CC(=O)Nc1cn2cc(-c3cnc(N)c(OC4CN(C(=O)OC(C)(C)C)C4)n3)ccc2n1.O=C(O)C(F)(F)F. The number of rotatable bonds is 4. The molecule has 0 spiro atoms. The van der Waals surface area contributed by atoms with Crippen molar-refractivity contribution < 1.29 is 42.1 Å². The lowest BCUT2D eigenvalue weighted by atomic mass is 10.1. The zero-order valence-corrected chi connectivity index (χ0v) is 21.3. The van der Waals surface area contributed by atoms with Crippen LogP contribution < -0.4 is 15.8 Å². The van der Waals surface area contributed by atoms with E-state index >= 15 is 0 Å². The van der Waals surface area contributed by atoms with E-state index < -0.39 is 17.7 Å². The fourth-order valence-corrected chi connectivity index (χ4v) is 3.14. The summed E-state index contributed by atoms with van der Waals surface area (Å²) in [6.45, 7) is 7.66. The molecule has 210 valence electrons. The Morgan fingerprint density at radius 1 is 1.13 bits per heavy atom. The van der Waals surface area contributed by atoms with Crippen LogP contribution in [0.1, 0.15) is 27.7 Å². The molecule has 0 atom stereocenters. The Bertz CT molecular complexity index is 1380. The number of hydrogen-bond donors (Lipinski definition) is 3. The Morgan fingerprint density at radius 3 is 2.33 bits per heavy atom. The largest absolute Gasteiger partial charge is 0.490 e. The van der Waals surface area contributed by atoms with E-state index in [4.69, 9.17) is 25.1 Å². The molecule has 4 N–H and O–H groups in total. The van der Waals surface area contributed by atoms with Crippen LogP contribution in [0.4, 0.5) is 29.6 Å². The van der Waals surface area contributed by atoms with Crippen molar-refractivity contribution in [2.24, 2.45) is 0 Å². The van der Waals surface area contributed by atoms with Crippen molar-refractivity contribution in [1.82, 2.24) is 24.3 Å². The third-order valence-corrected chi connectivity index (χ3v) is 4.84. The number of carbonyl (C=O) groups excluding carboxylic acids is 2. The number of nitrogens with zero attached hydrogens (tertiary/aromatic N) is 5. The molecule has 4 rings (SSSR count). The minimum Gasteiger partial charge on any atom is -0.475 e. The Kier molecular flexibility index (Phi) is 8.16. The highest BCUT2D eigenvalue weighted by atomic mass is 19.4. The van der Waals surface area contributed by atoms with Gasteiger partial charge in [0.2, 0.25) is 5.91 Å². The maximum atomic E-state index is 12.1. The molecule has 2 amide bonds. The van der Waals surface area contributed by atoms with E-state index in [-0.39, 0.29) is 29.8 Å². The van der Waals surface area contributed by atoms with Crippen LogP contribution >= 0.6 is 0 Å². The number of amides is 2. The number of carboxylic acids is 1. The molecular formula is C23H26F3N7O6. The second-order valence-electron chi connectivity index (χ2n) is 9.36. The molecule has 0 aliphatic carbocycles. The zero-order valence-electron chi connectivity index (χ0n) is 21.3. The number of aromatic nitrogens is 4. The van der Waals surface area contributed by atoms with E-state index in [9.17, 15) is 22.8 Å². The molecule has 0 unspecified atom stereocenters. The molecule has 1 aliphatic heterocycles. The number of halogens is 3. The molecule has 1 fully saturated rings. The van der Waals surface area contributed by atoms with Gasteiger partial charge in [-0.1, -0.05) is 0 Å². The van der Waals surface area contributed by atoms with Crippen LogP contribution in [0.15, 0.2) is 30.7 Å². The molecule has 1 aliphatic rings. The van der Waals surface area contributed by atoms with E-state index in [2.05, 4.69) is 20.3 Å². The fourth-order valence-electron chi connectivity index (χ4n) is 3.14. The summed E-state index contributed by atoms with van der Waals surface area (Å²) in [5.74, 6) is -2.11. The number of aliphatic carboxylic acids is 1. The number of carboxylic acid groups (broad SMARTS) is 1. The van der Waals surface area contributed by atoms with Crippen molar-refractivity contribution in [2.45, 2.75) is 45.6 Å². The van der Waals surface area contributed by atoms with Crippen molar-refractivity contribution in [3.05, 3.63) is 30.7 Å². The second-order valence-corrected chi connectivity index (χ2v) is 9.36. The number of pyridine rings is 1. The van der Waals surface area contributed by atoms with E-state index in [1.165, 1.54) is 6.92 Å². The highest BCUT2D eigenvalue weighted by Gasteiger charge is 2.38. The Balaban J connectivity index is 0.000000532. The number of alkyl halides is 3. The summed E-state index contributed by atoms with van der Waals surface area (Å²) >= 11 is 0. The molecular weight excluding hydrogens is 527 g/mol. The van der Waals surface area contributed by atoms with Gasteiger partial charge in [-0.25, -0.2) is 24.5 Å². The number of nitrogen functional groups attached to an aromatic ring is 1. The van der Waals surface area contributed by atoms with E-state index in [0.717, 1.165) is 5.56 Å². The highest BCUT2D eigenvalue weighted by molar-refractivity contribution is 5.87. The van der Waals surface area contributed by atoms with Gasteiger partial charge in [0.25, 0.3) is 5.88 Å². The predicted molar refractivity (Wildman–Crippen MR) is 131 cm³/mol. The van der Waals surface area contributed by atoms with Gasteiger partial charge in [0, 0.05) is 18.7 Å². The van der Waals surface area contributed by atoms with Crippen LogP contribution in [-0.4, -0.2) is 78.3 Å². The number of imidazole rings is 1. The van der Waals surface area contributed by atoms with Crippen LogP contribution in [0.3, 0.4) is 0 Å². The second kappa shape index (κ2) is 11.0. The van der Waals surface area contributed by atoms with Crippen molar-refractivity contribution in [3.63, 3.8) is 0 Å². The summed E-state index contributed by atoms with van der Waals surface area (Å²) in [5, 5.41) is 9.78. The number of ether oxygens (including phenoxy) is 2. The zero-order chi connectivity index (χ0) is 29.1. The number of anilines is 2. The third kappa shape index (κ3) is 7.93. The van der Waals surface area contributed by atoms with Gasteiger partial charge in [0.1, 0.15) is 17.4 Å². The van der Waals surface area contributed by atoms with Gasteiger partial charge in [0.05, 0.1) is 31.2 Å². The topological polar surface area (TPSA) is 174 Å². The average molecular weight is 553 g/mol. The highest BCUT2D eigenvalue weighted by Crippen LogP contribution is 2.26. The number of nitrogens with one attached hydrogen (secondary N) is 1. The quantitative estimate of drug-likeness (QED) is 0.436. The van der Waals surface area contributed by atoms with Crippen LogP contribution in [0.5, 0.6) is 5.88 Å². The molecule has 0 saturated carbocycles. The molecule has 0 bridgehead atoms. The fraction of sp³-hybridized carbons (Fsp3) is 0.391. The van der Waals surface area contributed by atoms with Crippen molar-refractivity contribution in [2.75, 3.05) is 24.1 Å². The number of nitrogens with two attached hydrogens (primary N) is 1. The molecule has 3 aromatic rings. The van der Waals surface area contributed by atoms with Crippen molar-refractivity contribution >= 4 is 35.3 Å². The summed E-state index contributed by atoms with van der Waals surface area (Å²) in [6.07, 6.45) is -0.612. The number of carbonyl (C=O) groups is 3. The van der Waals surface area contributed by atoms with Crippen molar-refractivity contribution in [3.8, 4) is 17.1 Å². The Hall–Kier alpha value is -4.63. The summed E-state index contributed by atoms with van der Waals surface area (Å²) in [5.41, 5.74) is 7.41. The van der Waals surface area contributed by atoms with Gasteiger partial charge < -0.3 is 34.9 Å². The third-order valence-electron chi connectivity index (χ3n) is 4.84. The van der Waals surface area contributed by atoms with Gasteiger partial charge in [-0.2, -0.15) is 13.2 Å². The van der Waals surface area contributed by atoms with Gasteiger partial charge in [0.15, 0.2) is 11.6 Å². The first-order chi connectivity index (χ1) is 18.0. The lowest BCUT2D eigenvalue weighted by Gasteiger charge is -2.39. The molecule has 0 aromatic carbocycles. The molecule has 16 heteroatoms. The van der Waals surface area contributed by atoms with Gasteiger partial charge in [-0.3, -0.25) is 4.79 Å². The van der Waals surface area contributed by atoms with Crippen LogP contribution in [-0.2, 0) is 14.3 Å². The van der Waals surface area contributed by atoms with Crippen molar-refractivity contribution in [1.29, 1.82) is 0 Å². The first-order valence-corrected chi connectivity index (χ1v) is 11.4. The molecule has 3 aromatic heterocycles.